The van der Waals surface area contributed by atoms with Crippen LogP contribution in [0.5, 0.6) is 11.5 Å². The maximum Gasteiger partial charge on any atom is 0.231 e. The van der Waals surface area contributed by atoms with Gasteiger partial charge in [-0.05, 0) is 37.0 Å². The zero-order chi connectivity index (χ0) is 14.5. The van der Waals surface area contributed by atoms with Gasteiger partial charge in [0.25, 0.3) is 0 Å². The highest BCUT2D eigenvalue weighted by Gasteiger charge is 2.16. The van der Waals surface area contributed by atoms with Crippen LogP contribution in [0.2, 0.25) is 0 Å². The van der Waals surface area contributed by atoms with Gasteiger partial charge >= 0.3 is 0 Å². The van der Waals surface area contributed by atoms with E-state index in [0.717, 1.165) is 30.0 Å². The molecular weight excluding hydrogens is 254 g/mol. The number of hydrogen-bond acceptors (Lipinski definition) is 3. The lowest BCUT2D eigenvalue weighted by atomic mass is 10.1. The fourth-order valence-corrected chi connectivity index (χ4v) is 2.21. The highest BCUT2D eigenvalue weighted by atomic mass is 16.7. The number of carbonyl (C=O) groups excluding carboxylic acids is 1. The summed E-state index contributed by atoms with van der Waals surface area (Å²) in [5.74, 6) is 2.33. The van der Waals surface area contributed by atoms with Crippen LogP contribution in [-0.2, 0) is 11.3 Å². The lowest BCUT2D eigenvalue weighted by molar-refractivity contribution is -0.131. The second-order valence-electron chi connectivity index (χ2n) is 5.53. The predicted octanol–water partition coefficient (Wildman–Crippen LogP) is 3.20. The van der Waals surface area contributed by atoms with Crippen LogP contribution >= 0.6 is 0 Å². The molecule has 4 nitrogen and oxygen atoms in total. The molecule has 0 fully saturated rings. The molecule has 0 aromatic heterocycles. The van der Waals surface area contributed by atoms with Crippen LogP contribution < -0.4 is 9.47 Å². The van der Waals surface area contributed by atoms with Crippen molar-refractivity contribution in [2.75, 3.05) is 13.3 Å². The first-order valence-electron chi connectivity index (χ1n) is 7.26. The summed E-state index contributed by atoms with van der Waals surface area (Å²) >= 11 is 0. The third-order valence-corrected chi connectivity index (χ3v) is 3.48. The summed E-state index contributed by atoms with van der Waals surface area (Å²) in [6.07, 6.45) is 1.56. The van der Waals surface area contributed by atoms with Crippen molar-refractivity contribution in [3.8, 4) is 11.5 Å². The summed E-state index contributed by atoms with van der Waals surface area (Å²) in [7, 11) is 0. The van der Waals surface area contributed by atoms with E-state index in [1.54, 1.807) is 0 Å². The summed E-state index contributed by atoms with van der Waals surface area (Å²) in [6, 6.07) is 5.86. The standard InChI is InChI=1S/C16H23NO3/c1-4-17(16(18)8-5-12(2)3)10-13-6-7-14-15(9-13)20-11-19-14/h6-7,9,12H,4-5,8,10-11H2,1-3H3. The smallest absolute Gasteiger partial charge is 0.231 e. The van der Waals surface area contributed by atoms with E-state index in [0.29, 0.717) is 18.9 Å². The van der Waals surface area contributed by atoms with Crippen molar-refractivity contribution in [2.24, 2.45) is 5.92 Å². The molecule has 1 amide bonds. The van der Waals surface area contributed by atoms with Gasteiger partial charge in [-0.1, -0.05) is 19.9 Å². The van der Waals surface area contributed by atoms with E-state index in [1.807, 2.05) is 30.0 Å². The second kappa shape index (κ2) is 6.64. The second-order valence-corrected chi connectivity index (χ2v) is 5.53. The largest absolute Gasteiger partial charge is 0.454 e. The molecule has 0 atom stereocenters. The number of hydrogen-bond donors (Lipinski definition) is 0. The van der Waals surface area contributed by atoms with E-state index in [4.69, 9.17) is 9.47 Å². The minimum atomic E-state index is 0.221. The molecule has 110 valence electrons. The Morgan fingerprint density at radius 2 is 2.05 bits per heavy atom. The first-order valence-corrected chi connectivity index (χ1v) is 7.26. The molecule has 1 aliphatic heterocycles. The van der Waals surface area contributed by atoms with E-state index < -0.39 is 0 Å². The average molecular weight is 277 g/mol. The van der Waals surface area contributed by atoms with Crippen molar-refractivity contribution in [2.45, 2.75) is 40.2 Å². The van der Waals surface area contributed by atoms with Gasteiger partial charge < -0.3 is 14.4 Å². The fourth-order valence-electron chi connectivity index (χ4n) is 2.21. The number of rotatable bonds is 6. The monoisotopic (exact) mass is 277 g/mol. The number of ether oxygens (including phenoxy) is 2. The van der Waals surface area contributed by atoms with Gasteiger partial charge in [0.15, 0.2) is 11.5 Å². The molecule has 0 saturated heterocycles. The quantitative estimate of drug-likeness (QED) is 0.801. The van der Waals surface area contributed by atoms with Crippen molar-refractivity contribution < 1.29 is 14.3 Å². The Labute approximate surface area is 120 Å². The molecule has 0 saturated carbocycles. The van der Waals surface area contributed by atoms with Crippen LogP contribution in [0.15, 0.2) is 18.2 Å². The molecule has 4 heteroatoms. The van der Waals surface area contributed by atoms with Gasteiger partial charge in [-0.2, -0.15) is 0 Å². The summed E-state index contributed by atoms with van der Waals surface area (Å²) in [5.41, 5.74) is 1.08. The molecule has 0 aliphatic carbocycles. The number of nitrogens with zero attached hydrogens (tertiary/aromatic N) is 1. The average Bonchev–Trinajstić information content (AvgIpc) is 2.89. The van der Waals surface area contributed by atoms with Gasteiger partial charge in [-0.3, -0.25) is 4.79 Å². The number of fused-ring (bicyclic) bond motifs is 1. The Kier molecular flexibility index (Phi) is 4.88. The molecule has 1 aliphatic rings. The molecule has 0 bridgehead atoms. The minimum Gasteiger partial charge on any atom is -0.454 e. The van der Waals surface area contributed by atoms with Crippen molar-refractivity contribution in [1.29, 1.82) is 0 Å². The van der Waals surface area contributed by atoms with Crippen molar-refractivity contribution in [3.05, 3.63) is 23.8 Å². The fraction of sp³-hybridized carbons (Fsp3) is 0.562. The predicted molar refractivity (Wildman–Crippen MR) is 77.7 cm³/mol. The number of carbonyl (C=O) groups is 1. The Bertz CT molecular complexity index is 471. The van der Waals surface area contributed by atoms with E-state index in [9.17, 15) is 4.79 Å². The number of amides is 1. The third-order valence-electron chi connectivity index (χ3n) is 3.48. The summed E-state index contributed by atoms with van der Waals surface area (Å²) < 4.78 is 10.7. The van der Waals surface area contributed by atoms with E-state index in [-0.39, 0.29) is 12.7 Å². The molecule has 0 spiro atoms. The van der Waals surface area contributed by atoms with Crippen LogP contribution in [-0.4, -0.2) is 24.1 Å². The Morgan fingerprint density at radius 3 is 2.75 bits per heavy atom. The summed E-state index contributed by atoms with van der Waals surface area (Å²) in [5, 5.41) is 0. The van der Waals surface area contributed by atoms with Gasteiger partial charge in [0.1, 0.15) is 0 Å². The van der Waals surface area contributed by atoms with Crippen LogP contribution in [0.4, 0.5) is 0 Å². The lowest BCUT2D eigenvalue weighted by Gasteiger charge is -2.21. The molecule has 0 N–H and O–H groups in total. The zero-order valence-corrected chi connectivity index (χ0v) is 12.5. The summed E-state index contributed by atoms with van der Waals surface area (Å²) in [6.45, 7) is 7.93. The normalized spacial score (nSPS) is 12.8. The maximum atomic E-state index is 12.2. The molecular formula is C16H23NO3. The van der Waals surface area contributed by atoms with Gasteiger partial charge in [0.05, 0.1) is 0 Å². The Balaban J connectivity index is 1.97. The van der Waals surface area contributed by atoms with E-state index in [2.05, 4.69) is 13.8 Å². The van der Waals surface area contributed by atoms with Gasteiger partial charge in [-0.15, -0.1) is 0 Å². The highest BCUT2D eigenvalue weighted by molar-refractivity contribution is 5.76. The number of benzene rings is 1. The van der Waals surface area contributed by atoms with Crippen LogP contribution in [0.3, 0.4) is 0 Å². The Morgan fingerprint density at radius 1 is 1.30 bits per heavy atom. The van der Waals surface area contributed by atoms with Crippen LogP contribution in [0, 0.1) is 5.92 Å². The minimum absolute atomic E-state index is 0.221. The van der Waals surface area contributed by atoms with Crippen molar-refractivity contribution in [3.63, 3.8) is 0 Å². The van der Waals surface area contributed by atoms with Gasteiger partial charge in [-0.25, -0.2) is 0 Å². The molecule has 20 heavy (non-hydrogen) atoms. The van der Waals surface area contributed by atoms with Crippen molar-refractivity contribution >= 4 is 5.91 Å². The molecule has 0 radical (unpaired) electrons. The molecule has 0 unspecified atom stereocenters. The maximum absolute atomic E-state index is 12.2. The molecule has 1 heterocycles. The molecule has 2 rings (SSSR count). The van der Waals surface area contributed by atoms with Crippen molar-refractivity contribution in [1.82, 2.24) is 4.90 Å². The zero-order valence-electron chi connectivity index (χ0n) is 12.5. The van der Waals surface area contributed by atoms with Crippen LogP contribution in [0.1, 0.15) is 39.2 Å². The molecule has 1 aromatic carbocycles. The first-order chi connectivity index (χ1) is 9.60. The highest BCUT2D eigenvalue weighted by Crippen LogP contribution is 2.32. The molecule has 1 aromatic rings. The lowest BCUT2D eigenvalue weighted by Crippen LogP contribution is -2.30. The topological polar surface area (TPSA) is 38.8 Å². The van der Waals surface area contributed by atoms with E-state index in [1.165, 1.54) is 0 Å². The van der Waals surface area contributed by atoms with Crippen LogP contribution in [0.25, 0.3) is 0 Å². The third kappa shape index (κ3) is 3.65. The van der Waals surface area contributed by atoms with E-state index >= 15 is 0 Å². The van der Waals surface area contributed by atoms with Gasteiger partial charge in [0.2, 0.25) is 12.7 Å². The SMILES string of the molecule is CCN(Cc1ccc2c(c1)OCO2)C(=O)CCC(C)C. The van der Waals surface area contributed by atoms with Gasteiger partial charge in [0, 0.05) is 19.5 Å². The Hall–Kier alpha value is -1.71. The summed E-state index contributed by atoms with van der Waals surface area (Å²) in [4.78, 5) is 14.1. The first kappa shape index (κ1) is 14.7.